The van der Waals surface area contributed by atoms with Gasteiger partial charge in [-0.25, -0.2) is 4.98 Å². The zero-order valence-electron chi connectivity index (χ0n) is 18.0. The molecule has 31 heavy (non-hydrogen) atoms. The number of para-hydroxylation sites is 1. The van der Waals surface area contributed by atoms with E-state index in [1.165, 1.54) is 11.8 Å². The topological polar surface area (TPSA) is 66.1 Å². The number of hydrogen-bond acceptors (Lipinski definition) is 5. The van der Waals surface area contributed by atoms with Gasteiger partial charge in [0.05, 0.1) is 22.8 Å². The molecule has 0 spiro atoms. The highest BCUT2D eigenvalue weighted by atomic mass is 32.2. The molecular formula is C24H27N3O3S. The summed E-state index contributed by atoms with van der Waals surface area (Å²) < 4.78 is 9.52. The maximum absolute atomic E-state index is 13.1. The van der Waals surface area contributed by atoms with Crippen LogP contribution in [0.2, 0.25) is 0 Å². The van der Waals surface area contributed by atoms with Crippen molar-refractivity contribution in [1.82, 2.24) is 14.1 Å². The van der Waals surface area contributed by atoms with Crippen molar-refractivity contribution in [3.63, 3.8) is 0 Å². The summed E-state index contributed by atoms with van der Waals surface area (Å²) in [5.74, 6) is 0.246. The van der Waals surface area contributed by atoms with Gasteiger partial charge in [0.15, 0.2) is 10.9 Å². The van der Waals surface area contributed by atoms with Crippen LogP contribution in [0, 0.1) is 13.8 Å². The van der Waals surface area contributed by atoms with Crippen molar-refractivity contribution in [2.75, 3.05) is 12.4 Å². The fourth-order valence-electron chi connectivity index (χ4n) is 4.11. The van der Waals surface area contributed by atoms with E-state index in [-0.39, 0.29) is 23.2 Å². The summed E-state index contributed by atoms with van der Waals surface area (Å²) in [5.41, 5.74) is 3.27. The van der Waals surface area contributed by atoms with E-state index in [4.69, 9.17) is 4.74 Å². The molecule has 1 aliphatic heterocycles. The summed E-state index contributed by atoms with van der Waals surface area (Å²) in [6.45, 7) is 9.71. The second-order valence-corrected chi connectivity index (χ2v) is 8.80. The van der Waals surface area contributed by atoms with Crippen LogP contribution in [-0.2, 0) is 17.8 Å². The number of rotatable bonds is 8. The first kappa shape index (κ1) is 21.6. The lowest BCUT2D eigenvalue weighted by atomic mass is 10.2. The molecule has 162 valence electrons. The number of allylic oxidation sites excluding steroid dienone is 1. The largest absolute Gasteiger partial charge is 0.376 e. The predicted octanol–water partition coefficient (Wildman–Crippen LogP) is 4.15. The van der Waals surface area contributed by atoms with Crippen molar-refractivity contribution >= 4 is 28.4 Å². The Morgan fingerprint density at radius 1 is 1.32 bits per heavy atom. The van der Waals surface area contributed by atoms with Gasteiger partial charge in [-0.2, -0.15) is 0 Å². The molecule has 2 aromatic heterocycles. The summed E-state index contributed by atoms with van der Waals surface area (Å²) in [6, 6.07) is 9.23. The third-order valence-corrected chi connectivity index (χ3v) is 6.73. The number of fused-ring (bicyclic) bond motifs is 1. The van der Waals surface area contributed by atoms with Crippen LogP contribution in [0.15, 0.2) is 52.9 Å². The maximum Gasteiger partial charge on any atom is 0.262 e. The number of benzene rings is 1. The fourth-order valence-corrected chi connectivity index (χ4v) is 5.00. The number of aryl methyl sites for hydroxylation is 1. The standard InChI is InChI=1S/C24H27N3O3S/c1-4-11-26-23(29)19-9-5-6-10-21(19)25-24(26)31-15-22(28)20-13-16(2)27(17(20)3)14-18-8-7-12-30-18/h4-6,9-10,13,18H,1,7-8,11-12,14-15H2,2-3H3. The van der Waals surface area contributed by atoms with Crippen LogP contribution in [0.5, 0.6) is 0 Å². The number of ketones is 1. The maximum atomic E-state index is 13.1. The highest BCUT2D eigenvalue weighted by Crippen LogP contribution is 2.24. The van der Waals surface area contributed by atoms with Gasteiger partial charge < -0.3 is 9.30 Å². The van der Waals surface area contributed by atoms with E-state index < -0.39 is 0 Å². The number of nitrogens with zero attached hydrogens (tertiary/aromatic N) is 3. The molecule has 4 rings (SSSR count). The van der Waals surface area contributed by atoms with Gasteiger partial charge >= 0.3 is 0 Å². The number of hydrogen-bond donors (Lipinski definition) is 0. The minimum Gasteiger partial charge on any atom is -0.376 e. The third-order valence-electron chi connectivity index (χ3n) is 5.75. The second kappa shape index (κ2) is 9.24. The zero-order valence-corrected chi connectivity index (χ0v) is 18.8. The van der Waals surface area contributed by atoms with Gasteiger partial charge in [0.1, 0.15) is 0 Å². The van der Waals surface area contributed by atoms with E-state index in [0.29, 0.717) is 22.6 Å². The van der Waals surface area contributed by atoms with Crippen LogP contribution < -0.4 is 5.56 Å². The summed E-state index contributed by atoms with van der Waals surface area (Å²) in [7, 11) is 0. The van der Waals surface area contributed by atoms with Crippen molar-refractivity contribution < 1.29 is 9.53 Å². The van der Waals surface area contributed by atoms with E-state index in [2.05, 4.69) is 16.1 Å². The fraction of sp³-hybridized carbons (Fsp3) is 0.375. The lowest BCUT2D eigenvalue weighted by Crippen LogP contribution is -2.23. The van der Waals surface area contributed by atoms with Gasteiger partial charge in [0.25, 0.3) is 5.56 Å². The molecule has 0 N–H and O–H groups in total. The first-order valence-corrected chi connectivity index (χ1v) is 11.5. The molecule has 6 nitrogen and oxygen atoms in total. The Bertz CT molecular complexity index is 1190. The molecule has 0 bridgehead atoms. The molecule has 0 radical (unpaired) electrons. The van der Waals surface area contributed by atoms with E-state index in [0.717, 1.165) is 42.9 Å². The Balaban J connectivity index is 1.56. The quantitative estimate of drug-likeness (QED) is 0.229. The smallest absolute Gasteiger partial charge is 0.262 e. The summed E-state index contributed by atoms with van der Waals surface area (Å²) in [4.78, 5) is 30.6. The number of carbonyl (C=O) groups is 1. The molecule has 0 aliphatic carbocycles. The molecule has 1 fully saturated rings. The van der Waals surface area contributed by atoms with Crippen LogP contribution in [0.3, 0.4) is 0 Å². The average Bonchev–Trinajstić information content (AvgIpc) is 3.38. The van der Waals surface area contributed by atoms with Crippen molar-refractivity contribution in [3.05, 3.63) is 70.3 Å². The Morgan fingerprint density at radius 2 is 2.13 bits per heavy atom. The normalized spacial score (nSPS) is 16.1. The number of carbonyl (C=O) groups excluding carboxylic acids is 1. The first-order valence-electron chi connectivity index (χ1n) is 10.5. The second-order valence-electron chi connectivity index (χ2n) is 7.86. The first-order chi connectivity index (χ1) is 15.0. The summed E-state index contributed by atoms with van der Waals surface area (Å²) in [5, 5.41) is 1.10. The monoisotopic (exact) mass is 437 g/mol. The van der Waals surface area contributed by atoms with Gasteiger partial charge in [-0.05, 0) is 44.9 Å². The molecule has 1 atom stereocenters. The molecule has 0 saturated carbocycles. The summed E-state index contributed by atoms with van der Waals surface area (Å²) in [6.07, 6.45) is 4.04. The van der Waals surface area contributed by atoms with Gasteiger partial charge in [0, 0.05) is 36.6 Å². The van der Waals surface area contributed by atoms with Crippen LogP contribution in [-0.4, -0.2) is 38.4 Å². The van der Waals surface area contributed by atoms with E-state index in [1.807, 2.05) is 38.1 Å². The lowest BCUT2D eigenvalue weighted by molar-refractivity contribution is 0.0957. The molecule has 3 heterocycles. The number of ether oxygens (including phenoxy) is 1. The van der Waals surface area contributed by atoms with Crippen LogP contribution >= 0.6 is 11.8 Å². The minimum atomic E-state index is -0.116. The highest BCUT2D eigenvalue weighted by Gasteiger charge is 2.21. The minimum absolute atomic E-state index is 0.0317. The van der Waals surface area contributed by atoms with E-state index in [9.17, 15) is 9.59 Å². The SMILES string of the molecule is C=CCn1c(SCC(=O)c2cc(C)n(CC3CCCO3)c2C)nc2ccccc2c1=O. The van der Waals surface area contributed by atoms with Gasteiger partial charge in [-0.15, -0.1) is 6.58 Å². The Kier molecular flexibility index (Phi) is 6.43. The Labute approximate surface area is 185 Å². The van der Waals surface area contributed by atoms with Gasteiger partial charge in [0.2, 0.25) is 0 Å². The molecule has 7 heteroatoms. The van der Waals surface area contributed by atoms with Crippen LogP contribution in [0.25, 0.3) is 10.9 Å². The van der Waals surface area contributed by atoms with Gasteiger partial charge in [-0.3, -0.25) is 14.2 Å². The third kappa shape index (κ3) is 4.38. The summed E-state index contributed by atoms with van der Waals surface area (Å²) >= 11 is 1.30. The zero-order chi connectivity index (χ0) is 22.0. The van der Waals surface area contributed by atoms with Crippen molar-refractivity contribution in [2.24, 2.45) is 0 Å². The van der Waals surface area contributed by atoms with E-state index in [1.54, 1.807) is 16.7 Å². The van der Waals surface area contributed by atoms with Crippen molar-refractivity contribution in [1.29, 1.82) is 0 Å². The molecule has 1 aliphatic rings. The van der Waals surface area contributed by atoms with Crippen molar-refractivity contribution in [3.8, 4) is 0 Å². The number of Topliss-reactive ketones (excluding diaryl/α,β-unsaturated/α-hetero) is 1. The van der Waals surface area contributed by atoms with Gasteiger partial charge in [-0.1, -0.05) is 30.0 Å². The molecule has 0 amide bonds. The molecule has 1 saturated heterocycles. The van der Waals surface area contributed by atoms with Crippen LogP contribution in [0.1, 0.15) is 34.6 Å². The number of aromatic nitrogens is 3. The average molecular weight is 438 g/mol. The molecule has 3 aromatic rings. The Hall–Kier alpha value is -2.64. The molecule has 1 aromatic carbocycles. The molecular weight excluding hydrogens is 410 g/mol. The van der Waals surface area contributed by atoms with Crippen LogP contribution in [0.4, 0.5) is 0 Å². The number of thioether (sulfide) groups is 1. The van der Waals surface area contributed by atoms with Crippen molar-refractivity contribution in [2.45, 2.75) is 51.0 Å². The predicted molar refractivity (Wildman–Crippen MR) is 124 cm³/mol. The lowest BCUT2D eigenvalue weighted by Gasteiger charge is -2.15. The highest BCUT2D eigenvalue weighted by molar-refractivity contribution is 7.99. The van der Waals surface area contributed by atoms with E-state index >= 15 is 0 Å². The molecule has 1 unspecified atom stereocenters. The Morgan fingerprint density at radius 3 is 2.87 bits per heavy atom.